The molecule has 0 amide bonds. The minimum atomic E-state index is 0.385. The summed E-state index contributed by atoms with van der Waals surface area (Å²) in [6, 6.07) is 0. The van der Waals surface area contributed by atoms with Gasteiger partial charge in [-0.15, -0.1) is 0 Å². The summed E-state index contributed by atoms with van der Waals surface area (Å²) >= 11 is 0. The van der Waals surface area contributed by atoms with Crippen LogP contribution in [0.3, 0.4) is 0 Å². The lowest BCUT2D eigenvalue weighted by molar-refractivity contribution is 0.283. The largest absolute Gasteiger partial charge is 0.330 e. The highest BCUT2D eigenvalue weighted by molar-refractivity contribution is 4.83. The second-order valence-electron chi connectivity index (χ2n) is 5.26. The molecule has 0 fully saturated rings. The predicted octanol–water partition coefficient (Wildman–Crippen LogP) is 3.70. The lowest BCUT2D eigenvalue weighted by Crippen LogP contribution is -2.44. The Balaban J connectivity index is 3.81. The predicted molar refractivity (Wildman–Crippen MR) is 78.3 cm³/mol. The van der Waals surface area contributed by atoms with Gasteiger partial charge in [0, 0.05) is 5.54 Å². The third kappa shape index (κ3) is 6.42. The molecule has 17 heavy (non-hydrogen) atoms. The third-order valence-corrected chi connectivity index (χ3v) is 4.47. The van der Waals surface area contributed by atoms with Crippen molar-refractivity contribution in [2.24, 2.45) is 11.7 Å². The van der Waals surface area contributed by atoms with Gasteiger partial charge in [-0.25, -0.2) is 0 Å². The molecule has 0 bridgehead atoms. The second-order valence-corrected chi connectivity index (χ2v) is 5.26. The van der Waals surface area contributed by atoms with Gasteiger partial charge in [0.25, 0.3) is 0 Å². The molecule has 0 radical (unpaired) electrons. The summed E-state index contributed by atoms with van der Waals surface area (Å²) < 4.78 is 0. The first-order chi connectivity index (χ1) is 8.17. The molecule has 0 saturated carbocycles. The number of rotatable bonds is 11. The fraction of sp³-hybridized carbons (Fsp3) is 1.00. The van der Waals surface area contributed by atoms with Crippen molar-refractivity contribution in [3.8, 4) is 0 Å². The van der Waals surface area contributed by atoms with E-state index in [9.17, 15) is 0 Å². The van der Waals surface area contributed by atoms with Gasteiger partial charge in [-0.2, -0.15) is 0 Å². The zero-order valence-corrected chi connectivity index (χ0v) is 12.5. The van der Waals surface area contributed by atoms with Crippen LogP contribution in [0.25, 0.3) is 0 Å². The third-order valence-electron chi connectivity index (χ3n) is 4.47. The average molecular weight is 242 g/mol. The Kier molecular flexibility index (Phi) is 9.85. The molecule has 0 aromatic rings. The van der Waals surface area contributed by atoms with Gasteiger partial charge in [-0.3, -0.25) is 0 Å². The summed E-state index contributed by atoms with van der Waals surface area (Å²) in [5, 5.41) is 3.77. The summed E-state index contributed by atoms with van der Waals surface area (Å²) in [5.74, 6) is 0.834. The second kappa shape index (κ2) is 9.90. The molecule has 0 spiro atoms. The molecule has 2 heteroatoms. The van der Waals surface area contributed by atoms with Crippen LogP contribution in [0.5, 0.6) is 0 Å². The van der Waals surface area contributed by atoms with Crippen molar-refractivity contribution in [3.63, 3.8) is 0 Å². The van der Waals surface area contributed by atoms with Gasteiger partial charge in [0.05, 0.1) is 0 Å². The molecule has 0 aliphatic carbocycles. The summed E-state index contributed by atoms with van der Waals surface area (Å²) in [5.41, 5.74) is 6.01. The number of hydrogen-bond acceptors (Lipinski definition) is 2. The van der Waals surface area contributed by atoms with Crippen LogP contribution in [-0.2, 0) is 0 Å². The van der Waals surface area contributed by atoms with E-state index >= 15 is 0 Å². The zero-order valence-electron chi connectivity index (χ0n) is 12.5. The highest BCUT2D eigenvalue weighted by Gasteiger charge is 2.22. The van der Waals surface area contributed by atoms with E-state index in [0.717, 1.165) is 19.0 Å². The van der Waals surface area contributed by atoms with Gasteiger partial charge in [0.15, 0.2) is 0 Å². The first kappa shape index (κ1) is 16.9. The van der Waals surface area contributed by atoms with Crippen LogP contribution in [-0.4, -0.2) is 18.6 Å². The Hall–Kier alpha value is -0.0800. The highest BCUT2D eigenvalue weighted by atomic mass is 15.0. The number of nitrogens with one attached hydrogen (secondary N) is 1. The normalized spacial score (nSPS) is 13.9. The van der Waals surface area contributed by atoms with Crippen molar-refractivity contribution >= 4 is 0 Å². The van der Waals surface area contributed by atoms with Gasteiger partial charge >= 0.3 is 0 Å². The van der Waals surface area contributed by atoms with Crippen molar-refractivity contribution in [2.45, 2.75) is 78.2 Å². The van der Waals surface area contributed by atoms with E-state index in [2.05, 4.69) is 33.0 Å². The van der Waals surface area contributed by atoms with Crippen LogP contribution in [0.15, 0.2) is 0 Å². The summed E-state index contributed by atoms with van der Waals surface area (Å²) in [6.07, 6.45) is 8.79. The first-order valence-corrected chi connectivity index (χ1v) is 7.63. The van der Waals surface area contributed by atoms with Crippen LogP contribution in [0.2, 0.25) is 0 Å². The van der Waals surface area contributed by atoms with Crippen molar-refractivity contribution in [1.29, 1.82) is 0 Å². The minimum Gasteiger partial charge on any atom is -0.330 e. The highest BCUT2D eigenvalue weighted by Crippen LogP contribution is 2.20. The van der Waals surface area contributed by atoms with E-state index in [4.69, 9.17) is 5.73 Å². The number of hydrogen-bond donors (Lipinski definition) is 2. The quantitative estimate of drug-likeness (QED) is 0.542. The molecule has 0 aliphatic heterocycles. The molecule has 1 unspecified atom stereocenters. The van der Waals surface area contributed by atoms with E-state index in [0.29, 0.717) is 5.54 Å². The molecule has 1 atom stereocenters. The molecule has 3 N–H and O–H groups in total. The standard InChI is InChI=1S/C15H34N2/c1-5-14(11-12-16)10-9-13-17-15(6-2,7-3)8-4/h14,17H,5-13,16H2,1-4H3. The summed E-state index contributed by atoms with van der Waals surface area (Å²) in [6.45, 7) is 11.2. The van der Waals surface area contributed by atoms with Crippen molar-refractivity contribution in [1.82, 2.24) is 5.32 Å². The maximum Gasteiger partial charge on any atom is 0.0173 e. The molecular formula is C15H34N2. The van der Waals surface area contributed by atoms with E-state index in [1.807, 2.05) is 0 Å². The van der Waals surface area contributed by atoms with Gasteiger partial charge < -0.3 is 11.1 Å². The van der Waals surface area contributed by atoms with Gasteiger partial charge in [0.2, 0.25) is 0 Å². The van der Waals surface area contributed by atoms with E-state index in [1.165, 1.54) is 44.9 Å². The Morgan fingerprint density at radius 3 is 2.00 bits per heavy atom. The van der Waals surface area contributed by atoms with Crippen LogP contribution in [0.4, 0.5) is 0 Å². The maximum atomic E-state index is 5.63. The fourth-order valence-electron chi connectivity index (χ4n) is 2.66. The van der Waals surface area contributed by atoms with Gasteiger partial charge in [0.1, 0.15) is 0 Å². The molecule has 0 heterocycles. The van der Waals surface area contributed by atoms with E-state index in [1.54, 1.807) is 0 Å². The van der Waals surface area contributed by atoms with Gasteiger partial charge in [-0.05, 0) is 57.5 Å². The SMILES string of the molecule is CCC(CCN)CCCNC(CC)(CC)CC. The van der Waals surface area contributed by atoms with E-state index in [-0.39, 0.29) is 0 Å². The maximum absolute atomic E-state index is 5.63. The summed E-state index contributed by atoms with van der Waals surface area (Å²) in [4.78, 5) is 0. The molecule has 104 valence electrons. The Morgan fingerprint density at radius 2 is 1.59 bits per heavy atom. The van der Waals surface area contributed by atoms with Crippen molar-refractivity contribution in [2.75, 3.05) is 13.1 Å². The average Bonchev–Trinajstić information content (AvgIpc) is 2.38. The molecule has 0 rings (SSSR count). The van der Waals surface area contributed by atoms with Crippen LogP contribution in [0.1, 0.15) is 72.6 Å². The number of nitrogens with two attached hydrogens (primary N) is 1. The Bertz CT molecular complexity index is 156. The van der Waals surface area contributed by atoms with Gasteiger partial charge in [-0.1, -0.05) is 34.1 Å². The molecule has 0 saturated heterocycles. The lowest BCUT2D eigenvalue weighted by atomic mass is 9.89. The minimum absolute atomic E-state index is 0.385. The molecule has 0 aromatic heterocycles. The molecule has 0 aliphatic rings. The van der Waals surface area contributed by atoms with Crippen LogP contribution >= 0.6 is 0 Å². The first-order valence-electron chi connectivity index (χ1n) is 7.63. The molecular weight excluding hydrogens is 208 g/mol. The topological polar surface area (TPSA) is 38.0 Å². The van der Waals surface area contributed by atoms with Crippen molar-refractivity contribution in [3.05, 3.63) is 0 Å². The lowest BCUT2D eigenvalue weighted by Gasteiger charge is -2.32. The molecule has 0 aromatic carbocycles. The van der Waals surface area contributed by atoms with Crippen LogP contribution in [0, 0.1) is 5.92 Å². The Labute approximate surface area is 109 Å². The fourth-order valence-corrected chi connectivity index (χ4v) is 2.66. The van der Waals surface area contributed by atoms with E-state index < -0.39 is 0 Å². The Morgan fingerprint density at radius 1 is 1.00 bits per heavy atom. The van der Waals surface area contributed by atoms with Crippen LogP contribution < -0.4 is 11.1 Å². The monoisotopic (exact) mass is 242 g/mol. The smallest absolute Gasteiger partial charge is 0.0173 e. The molecule has 2 nitrogen and oxygen atoms in total. The zero-order chi connectivity index (χ0) is 13.1. The van der Waals surface area contributed by atoms with Crippen molar-refractivity contribution < 1.29 is 0 Å². The summed E-state index contributed by atoms with van der Waals surface area (Å²) in [7, 11) is 0.